The van der Waals surface area contributed by atoms with Gasteiger partial charge in [0.1, 0.15) is 9.88 Å². The van der Waals surface area contributed by atoms with Gasteiger partial charge in [0.2, 0.25) is 5.13 Å². The van der Waals surface area contributed by atoms with E-state index in [4.69, 9.17) is 10.8 Å². The number of hydrogen-bond donors (Lipinski definition) is 1. The number of benzene rings is 1. The van der Waals surface area contributed by atoms with E-state index in [0.29, 0.717) is 6.54 Å². The van der Waals surface area contributed by atoms with Crippen molar-refractivity contribution in [1.82, 2.24) is 10.2 Å². The van der Waals surface area contributed by atoms with Crippen molar-refractivity contribution >= 4 is 33.3 Å². The Kier molecular flexibility index (Phi) is 4.46. The summed E-state index contributed by atoms with van der Waals surface area (Å²) in [5.74, 6) is 0. The summed E-state index contributed by atoms with van der Waals surface area (Å²) < 4.78 is 0. The molecule has 1 unspecified atom stereocenters. The monoisotopic (exact) mass is 333 g/mol. The van der Waals surface area contributed by atoms with E-state index < -0.39 is 0 Å². The van der Waals surface area contributed by atoms with Gasteiger partial charge in [-0.25, -0.2) is 5.01 Å². The molecule has 1 atom stereocenters. The van der Waals surface area contributed by atoms with E-state index >= 15 is 0 Å². The molecule has 0 fully saturated rings. The van der Waals surface area contributed by atoms with E-state index in [1.807, 2.05) is 24.9 Å². The summed E-state index contributed by atoms with van der Waals surface area (Å²) in [6, 6.07) is 10.5. The second-order valence-corrected chi connectivity index (χ2v) is 7.81. The first-order chi connectivity index (χ1) is 10.7. The molecule has 3 rings (SSSR count). The lowest BCUT2D eigenvalue weighted by Crippen LogP contribution is -2.38. The van der Waals surface area contributed by atoms with Gasteiger partial charge in [-0.15, -0.1) is 10.2 Å². The standard InChI is InChI=1S/C15H19N5S2/c1-11-17-18-14(21-11)20-15(9-6-10-16,22-12(2)19-20)13-7-4-3-5-8-13/h3-5,7-8H,6,9-10,16H2,1-2H3. The molecule has 5 nitrogen and oxygen atoms in total. The Labute approximate surface area is 138 Å². The van der Waals surface area contributed by atoms with Gasteiger partial charge in [0, 0.05) is 0 Å². The van der Waals surface area contributed by atoms with Gasteiger partial charge in [0.05, 0.1) is 5.04 Å². The fourth-order valence-corrected chi connectivity index (χ4v) is 4.72. The van der Waals surface area contributed by atoms with Gasteiger partial charge in [-0.1, -0.05) is 53.4 Å². The molecular formula is C15H19N5S2. The molecule has 1 aromatic carbocycles. The lowest BCUT2D eigenvalue weighted by Gasteiger charge is -2.35. The van der Waals surface area contributed by atoms with Crippen LogP contribution in [0.4, 0.5) is 5.13 Å². The molecule has 22 heavy (non-hydrogen) atoms. The maximum Gasteiger partial charge on any atom is 0.230 e. The van der Waals surface area contributed by atoms with Crippen LogP contribution in [0.15, 0.2) is 35.4 Å². The number of aromatic nitrogens is 2. The minimum Gasteiger partial charge on any atom is -0.330 e. The highest BCUT2D eigenvalue weighted by atomic mass is 32.2. The summed E-state index contributed by atoms with van der Waals surface area (Å²) in [4.78, 5) is -0.281. The minimum atomic E-state index is -0.281. The van der Waals surface area contributed by atoms with E-state index in [1.54, 1.807) is 23.1 Å². The van der Waals surface area contributed by atoms with Crippen molar-refractivity contribution in [1.29, 1.82) is 0 Å². The third-order valence-corrected chi connectivity index (χ3v) is 5.68. The molecule has 2 N–H and O–H groups in total. The predicted molar refractivity (Wildman–Crippen MR) is 94.2 cm³/mol. The second-order valence-electron chi connectivity index (χ2n) is 5.18. The Balaban J connectivity index is 2.07. The Hall–Kier alpha value is -1.44. The van der Waals surface area contributed by atoms with Crippen molar-refractivity contribution in [2.45, 2.75) is 31.6 Å². The van der Waals surface area contributed by atoms with Crippen molar-refractivity contribution in [3.05, 3.63) is 40.9 Å². The summed E-state index contributed by atoms with van der Waals surface area (Å²) in [7, 11) is 0. The quantitative estimate of drug-likeness (QED) is 0.909. The summed E-state index contributed by atoms with van der Waals surface area (Å²) in [5, 5.41) is 18.0. The summed E-state index contributed by atoms with van der Waals surface area (Å²) in [6.45, 7) is 4.67. The second kappa shape index (κ2) is 6.36. The van der Waals surface area contributed by atoms with Crippen molar-refractivity contribution in [3.8, 4) is 0 Å². The van der Waals surface area contributed by atoms with Crippen molar-refractivity contribution in [2.24, 2.45) is 10.8 Å². The average Bonchev–Trinajstić information content (AvgIpc) is 3.10. The number of hydrazone groups is 1. The van der Waals surface area contributed by atoms with Gasteiger partial charge in [-0.3, -0.25) is 0 Å². The molecule has 2 aromatic rings. The van der Waals surface area contributed by atoms with Gasteiger partial charge in [0.15, 0.2) is 0 Å². The van der Waals surface area contributed by atoms with Crippen LogP contribution in [0.5, 0.6) is 0 Å². The van der Waals surface area contributed by atoms with Crippen LogP contribution in [-0.4, -0.2) is 21.8 Å². The van der Waals surface area contributed by atoms with Crippen LogP contribution < -0.4 is 10.7 Å². The molecule has 1 aliphatic rings. The zero-order valence-corrected chi connectivity index (χ0v) is 14.3. The third-order valence-electron chi connectivity index (χ3n) is 3.54. The molecule has 0 bridgehead atoms. The van der Waals surface area contributed by atoms with Gasteiger partial charge in [-0.05, 0) is 38.8 Å². The van der Waals surface area contributed by atoms with Crippen LogP contribution in [0.3, 0.4) is 0 Å². The van der Waals surface area contributed by atoms with Gasteiger partial charge < -0.3 is 5.73 Å². The molecule has 1 aliphatic heterocycles. The van der Waals surface area contributed by atoms with Gasteiger partial charge in [-0.2, -0.15) is 5.10 Å². The number of hydrogen-bond acceptors (Lipinski definition) is 7. The first-order valence-corrected chi connectivity index (χ1v) is 8.89. The predicted octanol–water partition coefficient (Wildman–Crippen LogP) is 3.33. The Morgan fingerprint density at radius 3 is 2.59 bits per heavy atom. The average molecular weight is 333 g/mol. The molecule has 0 aliphatic carbocycles. The Morgan fingerprint density at radius 2 is 1.95 bits per heavy atom. The molecule has 2 heterocycles. The van der Waals surface area contributed by atoms with E-state index in [0.717, 1.165) is 28.0 Å². The number of anilines is 1. The molecule has 0 saturated heterocycles. The van der Waals surface area contributed by atoms with Gasteiger partial charge in [0.25, 0.3) is 0 Å². The molecule has 116 valence electrons. The molecule has 0 saturated carbocycles. The lowest BCUT2D eigenvalue weighted by molar-refractivity contribution is 0.525. The summed E-state index contributed by atoms with van der Waals surface area (Å²) in [5.41, 5.74) is 7.00. The molecule has 1 aromatic heterocycles. The van der Waals surface area contributed by atoms with Crippen LogP contribution in [-0.2, 0) is 4.87 Å². The van der Waals surface area contributed by atoms with Crippen LogP contribution in [0.1, 0.15) is 30.3 Å². The maximum atomic E-state index is 5.78. The lowest BCUT2D eigenvalue weighted by atomic mass is 10.0. The van der Waals surface area contributed by atoms with Crippen molar-refractivity contribution in [3.63, 3.8) is 0 Å². The third kappa shape index (κ3) is 2.76. The number of thioether (sulfide) groups is 1. The normalized spacial score (nSPS) is 21.2. The molecule has 0 radical (unpaired) electrons. The van der Waals surface area contributed by atoms with E-state index in [-0.39, 0.29) is 4.87 Å². The fourth-order valence-electron chi connectivity index (χ4n) is 2.62. The highest BCUT2D eigenvalue weighted by molar-refractivity contribution is 8.15. The summed E-state index contributed by atoms with van der Waals surface area (Å²) >= 11 is 3.35. The number of nitrogens with zero attached hydrogens (tertiary/aromatic N) is 4. The zero-order valence-electron chi connectivity index (χ0n) is 12.7. The SMILES string of the molecule is CC1=NN(c2nnc(C)s2)C(CCCN)(c2ccccc2)S1. The van der Waals surface area contributed by atoms with Crippen LogP contribution in [0.2, 0.25) is 0 Å². The fraction of sp³-hybridized carbons (Fsp3) is 0.400. The van der Waals surface area contributed by atoms with E-state index in [2.05, 4.69) is 34.5 Å². The van der Waals surface area contributed by atoms with Gasteiger partial charge >= 0.3 is 0 Å². The largest absolute Gasteiger partial charge is 0.330 e. The molecular weight excluding hydrogens is 314 g/mol. The molecule has 0 amide bonds. The van der Waals surface area contributed by atoms with Crippen LogP contribution in [0.25, 0.3) is 0 Å². The van der Waals surface area contributed by atoms with Crippen LogP contribution in [0, 0.1) is 6.92 Å². The topological polar surface area (TPSA) is 67.4 Å². The molecule has 7 heteroatoms. The zero-order chi connectivity index (χ0) is 15.6. The smallest absolute Gasteiger partial charge is 0.230 e. The first kappa shape index (κ1) is 15.5. The maximum absolute atomic E-state index is 5.78. The minimum absolute atomic E-state index is 0.281. The van der Waals surface area contributed by atoms with Crippen LogP contribution >= 0.6 is 23.1 Å². The highest BCUT2D eigenvalue weighted by Crippen LogP contribution is 2.51. The Morgan fingerprint density at radius 1 is 1.18 bits per heavy atom. The number of rotatable bonds is 5. The van der Waals surface area contributed by atoms with Crippen molar-refractivity contribution < 1.29 is 0 Å². The van der Waals surface area contributed by atoms with E-state index in [9.17, 15) is 0 Å². The summed E-state index contributed by atoms with van der Waals surface area (Å²) in [6.07, 6.45) is 1.84. The first-order valence-electron chi connectivity index (χ1n) is 7.26. The van der Waals surface area contributed by atoms with Crippen molar-refractivity contribution in [2.75, 3.05) is 11.6 Å². The number of aryl methyl sites for hydroxylation is 1. The highest BCUT2D eigenvalue weighted by Gasteiger charge is 2.45. The van der Waals surface area contributed by atoms with E-state index in [1.165, 1.54) is 5.56 Å². The Bertz CT molecular complexity index is 670. The molecule has 0 spiro atoms. The number of nitrogens with two attached hydrogens (primary N) is 1.